The number of carbonyl (C=O) groups excluding carboxylic acids is 1. The van der Waals surface area contributed by atoms with Crippen molar-refractivity contribution in [2.45, 2.75) is 31.3 Å². The van der Waals surface area contributed by atoms with Crippen LogP contribution in [0.5, 0.6) is 0 Å². The third-order valence-corrected chi connectivity index (χ3v) is 3.07. The molecule has 5 heteroatoms. The molecule has 3 atom stereocenters. The summed E-state index contributed by atoms with van der Waals surface area (Å²) in [6, 6.07) is 9.61. The van der Waals surface area contributed by atoms with E-state index in [4.69, 9.17) is 19.3 Å². The van der Waals surface area contributed by atoms with Crippen LogP contribution in [0.3, 0.4) is 0 Å². The first-order valence-electron chi connectivity index (χ1n) is 6.24. The van der Waals surface area contributed by atoms with Gasteiger partial charge in [-0.05, 0) is 5.56 Å². The summed E-state index contributed by atoms with van der Waals surface area (Å²) in [5, 5.41) is 8.91. The molecule has 104 valence electrons. The summed E-state index contributed by atoms with van der Waals surface area (Å²) in [5.41, 5.74) is 0.992. The zero-order valence-electron chi connectivity index (χ0n) is 10.8. The van der Waals surface area contributed by atoms with Gasteiger partial charge < -0.3 is 19.3 Å². The number of aliphatic hydroxyl groups is 1. The van der Waals surface area contributed by atoms with Crippen molar-refractivity contribution in [1.29, 1.82) is 0 Å². The van der Waals surface area contributed by atoms with Crippen molar-refractivity contribution in [3.8, 4) is 0 Å². The number of hydrogen-bond donors (Lipinski definition) is 1. The fourth-order valence-corrected chi connectivity index (χ4v) is 1.89. The van der Waals surface area contributed by atoms with E-state index in [0.717, 1.165) is 5.56 Å². The number of rotatable bonds is 7. The molecule has 1 N–H and O–H groups in total. The lowest BCUT2D eigenvalue weighted by Gasteiger charge is -2.14. The summed E-state index contributed by atoms with van der Waals surface area (Å²) < 4.78 is 15.5. The van der Waals surface area contributed by atoms with Gasteiger partial charge in [-0.2, -0.15) is 0 Å². The number of benzene rings is 1. The van der Waals surface area contributed by atoms with Crippen LogP contribution in [-0.4, -0.2) is 43.1 Å². The summed E-state index contributed by atoms with van der Waals surface area (Å²) in [7, 11) is 1.33. The Morgan fingerprint density at radius 2 is 2.11 bits per heavy atom. The SMILES string of the molecule is COC(=O)C(C[C@@H]1O[C@H]1CO)OCc1ccccc1. The molecule has 19 heavy (non-hydrogen) atoms. The van der Waals surface area contributed by atoms with Gasteiger partial charge >= 0.3 is 5.97 Å². The van der Waals surface area contributed by atoms with Crippen LogP contribution in [0.25, 0.3) is 0 Å². The van der Waals surface area contributed by atoms with Gasteiger partial charge in [0.15, 0.2) is 6.10 Å². The average Bonchev–Trinajstić information content (AvgIpc) is 3.22. The van der Waals surface area contributed by atoms with Crippen molar-refractivity contribution in [2.24, 2.45) is 0 Å². The lowest BCUT2D eigenvalue weighted by Crippen LogP contribution is -2.28. The van der Waals surface area contributed by atoms with E-state index in [1.54, 1.807) is 0 Å². The standard InChI is InChI=1S/C14H18O5/c1-17-14(16)12(7-11-13(8-15)19-11)18-9-10-5-3-2-4-6-10/h2-6,11-13,15H,7-9H2,1H3/t11-,12?,13-/m0/s1. The maximum absolute atomic E-state index is 11.6. The minimum absolute atomic E-state index is 0.0305. The Hall–Kier alpha value is -1.43. The monoisotopic (exact) mass is 266 g/mol. The van der Waals surface area contributed by atoms with Crippen LogP contribution in [0.1, 0.15) is 12.0 Å². The number of esters is 1. The van der Waals surface area contributed by atoms with E-state index in [9.17, 15) is 4.79 Å². The van der Waals surface area contributed by atoms with Crippen molar-refractivity contribution < 1.29 is 24.1 Å². The molecule has 0 amide bonds. The first-order valence-corrected chi connectivity index (χ1v) is 6.24. The van der Waals surface area contributed by atoms with E-state index in [1.165, 1.54) is 7.11 Å². The Morgan fingerprint density at radius 1 is 1.37 bits per heavy atom. The van der Waals surface area contributed by atoms with Gasteiger partial charge in [0, 0.05) is 6.42 Å². The van der Waals surface area contributed by atoms with Crippen LogP contribution in [0.4, 0.5) is 0 Å². The van der Waals surface area contributed by atoms with E-state index >= 15 is 0 Å². The Kier molecular flexibility index (Phi) is 4.90. The van der Waals surface area contributed by atoms with E-state index < -0.39 is 12.1 Å². The predicted octanol–water partition coefficient (Wildman–Crippen LogP) is 0.895. The Bertz CT molecular complexity index is 406. The Labute approximate surface area is 112 Å². The second kappa shape index (κ2) is 6.65. The van der Waals surface area contributed by atoms with Gasteiger partial charge in [0.2, 0.25) is 0 Å². The van der Waals surface area contributed by atoms with Crippen molar-refractivity contribution in [3.05, 3.63) is 35.9 Å². The minimum Gasteiger partial charge on any atom is -0.467 e. The topological polar surface area (TPSA) is 68.3 Å². The van der Waals surface area contributed by atoms with Crippen LogP contribution in [0.15, 0.2) is 30.3 Å². The number of epoxide rings is 1. The molecular weight excluding hydrogens is 248 g/mol. The highest BCUT2D eigenvalue weighted by molar-refractivity contribution is 5.74. The van der Waals surface area contributed by atoms with E-state index in [0.29, 0.717) is 13.0 Å². The molecule has 1 fully saturated rings. The second-order valence-electron chi connectivity index (χ2n) is 4.44. The highest BCUT2D eigenvalue weighted by atomic mass is 16.6. The fraction of sp³-hybridized carbons (Fsp3) is 0.500. The van der Waals surface area contributed by atoms with Crippen molar-refractivity contribution in [1.82, 2.24) is 0 Å². The number of aliphatic hydroxyl groups excluding tert-OH is 1. The summed E-state index contributed by atoms with van der Waals surface area (Å²) in [4.78, 5) is 11.6. The molecule has 5 nitrogen and oxygen atoms in total. The first-order chi connectivity index (χ1) is 9.24. The molecular formula is C14H18O5. The molecule has 0 saturated carbocycles. The quantitative estimate of drug-likeness (QED) is 0.586. The van der Waals surface area contributed by atoms with Crippen LogP contribution in [0, 0.1) is 0 Å². The van der Waals surface area contributed by atoms with E-state index in [1.807, 2.05) is 30.3 Å². The lowest BCUT2D eigenvalue weighted by atomic mass is 10.1. The third kappa shape index (κ3) is 4.02. The van der Waals surface area contributed by atoms with Gasteiger partial charge in [-0.1, -0.05) is 30.3 Å². The van der Waals surface area contributed by atoms with Gasteiger partial charge in [-0.25, -0.2) is 4.79 Å². The zero-order chi connectivity index (χ0) is 13.7. The summed E-state index contributed by atoms with van der Waals surface area (Å²) in [6.07, 6.45) is -0.547. The zero-order valence-corrected chi connectivity index (χ0v) is 10.8. The summed E-state index contributed by atoms with van der Waals surface area (Å²) >= 11 is 0. The van der Waals surface area contributed by atoms with Crippen LogP contribution >= 0.6 is 0 Å². The number of carbonyl (C=O) groups is 1. The summed E-state index contributed by atoms with van der Waals surface area (Å²) in [5.74, 6) is -0.414. The predicted molar refractivity (Wildman–Crippen MR) is 67.4 cm³/mol. The van der Waals surface area contributed by atoms with Crippen LogP contribution < -0.4 is 0 Å². The molecule has 1 saturated heterocycles. The Morgan fingerprint density at radius 3 is 2.68 bits per heavy atom. The number of ether oxygens (including phenoxy) is 3. The molecule has 1 aromatic rings. The molecule has 1 heterocycles. The highest BCUT2D eigenvalue weighted by Gasteiger charge is 2.41. The molecule has 1 unspecified atom stereocenters. The molecule has 0 bridgehead atoms. The van der Waals surface area contributed by atoms with E-state index in [2.05, 4.69) is 0 Å². The minimum atomic E-state index is -0.660. The molecule has 1 aliphatic heterocycles. The fourth-order valence-electron chi connectivity index (χ4n) is 1.89. The number of methoxy groups -OCH3 is 1. The maximum Gasteiger partial charge on any atom is 0.335 e. The van der Waals surface area contributed by atoms with E-state index in [-0.39, 0.29) is 18.8 Å². The van der Waals surface area contributed by atoms with Gasteiger partial charge in [0.25, 0.3) is 0 Å². The first kappa shape index (κ1) is 14.0. The molecule has 0 aromatic heterocycles. The Balaban J connectivity index is 1.85. The smallest absolute Gasteiger partial charge is 0.335 e. The van der Waals surface area contributed by atoms with Gasteiger partial charge in [-0.15, -0.1) is 0 Å². The summed E-state index contributed by atoms with van der Waals surface area (Å²) in [6.45, 7) is 0.314. The largest absolute Gasteiger partial charge is 0.467 e. The van der Waals surface area contributed by atoms with Crippen LogP contribution in [0.2, 0.25) is 0 Å². The second-order valence-corrected chi connectivity index (χ2v) is 4.44. The van der Waals surface area contributed by atoms with Gasteiger partial charge in [0.1, 0.15) is 6.10 Å². The van der Waals surface area contributed by atoms with Crippen molar-refractivity contribution in [3.63, 3.8) is 0 Å². The van der Waals surface area contributed by atoms with Crippen LogP contribution in [-0.2, 0) is 25.6 Å². The lowest BCUT2D eigenvalue weighted by molar-refractivity contribution is -0.155. The molecule has 1 aromatic carbocycles. The molecule has 0 radical (unpaired) electrons. The van der Waals surface area contributed by atoms with Gasteiger partial charge in [0.05, 0.1) is 26.4 Å². The average molecular weight is 266 g/mol. The normalized spacial score (nSPS) is 22.8. The molecule has 0 spiro atoms. The molecule has 1 aliphatic rings. The molecule has 2 rings (SSSR count). The number of hydrogen-bond acceptors (Lipinski definition) is 5. The maximum atomic E-state index is 11.6. The molecule has 0 aliphatic carbocycles. The van der Waals surface area contributed by atoms with Crippen molar-refractivity contribution >= 4 is 5.97 Å². The highest BCUT2D eigenvalue weighted by Crippen LogP contribution is 2.27. The van der Waals surface area contributed by atoms with Crippen molar-refractivity contribution in [2.75, 3.05) is 13.7 Å². The van der Waals surface area contributed by atoms with Gasteiger partial charge in [-0.3, -0.25) is 0 Å². The third-order valence-electron chi connectivity index (χ3n) is 3.07.